The van der Waals surface area contributed by atoms with E-state index in [1.807, 2.05) is 0 Å². The van der Waals surface area contributed by atoms with Crippen LogP contribution in [0.1, 0.15) is 47.0 Å². The summed E-state index contributed by atoms with van der Waals surface area (Å²) < 4.78 is 5.34. The van der Waals surface area contributed by atoms with Gasteiger partial charge in [0, 0.05) is 13.2 Å². The summed E-state index contributed by atoms with van der Waals surface area (Å²) in [7, 11) is 1.76. The molecule has 2 atom stereocenters. The standard InChI is InChI=1S/C15H28N2O2/c1-9(2)6-13-15(18)17(14(16-13)10(3)4)11-7-12(8-11)19-5/h9-14,16H,6-8H2,1-5H3. The highest BCUT2D eigenvalue weighted by molar-refractivity contribution is 5.84. The van der Waals surface area contributed by atoms with Crippen molar-refractivity contribution in [1.29, 1.82) is 0 Å². The normalized spacial score (nSPS) is 35.3. The van der Waals surface area contributed by atoms with Crippen LogP contribution in [0.15, 0.2) is 0 Å². The highest BCUT2D eigenvalue weighted by Gasteiger charge is 2.47. The van der Waals surface area contributed by atoms with Crippen LogP contribution in [0.4, 0.5) is 0 Å². The predicted octanol–water partition coefficient (Wildman–Crippen LogP) is 1.99. The quantitative estimate of drug-likeness (QED) is 0.829. The van der Waals surface area contributed by atoms with Crippen LogP contribution in [0.2, 0.25) is 0 Å². The van der Waals surface area contributed by atoms with E-state index >= 15 is 0 Å². The van der Waals surface area contributed by atoms with Crippen molar-refractivity contribution < 1.29 is 9.53 Å². The summed E-state index contributed by atoms with van der Waals surface area (Å²) in [6.07, 6.45) is 3.44. The van der Waals surface area contributed by atoms with Crippen molar-refractivity contribution in [3.05, 3.63) is 0 Å². The molecule has 1 heterocycles. The summed E-state index contributed by atoms with van der Waals surface area (Å²) in [5, 5.41) is 3.54. The van der Waals surface area contributed by atoms with E-state index in [9.17, 15) is 4.79 Å². The van der Waals surface area contributed by atoms with Gasteiger partial charge in [-0.2, -0.15) is 0 Å². The van der Waals surface area contributed by atoms with Gasteiger partial charge in [0.05, 0.1) is 18.3 Å². The van der Waals surface area contributed by atoms with Crippen LogP contribution in [0.25, 0.3) is 0 Å². The Kier molecular flexibility index (Phi) is 4.51. The van der Waals surface area contributed by atoms with Gasteiger partial charge in [-0.15, -0.1) is 0 Å². The number of carbonyl (C=O) groups is 1. The Labute approximate surface area is 116 Å². The van der Waals surface area contributed by atoms with Crippen LogP contribution in [0.3, 0.4) is 0 Å². The van der Waals surface area contributed by atoms with Gasteiger partial charge in [-0.25, -0.2) is 0 Å². The van der Waals surface area contributed by atoms with Crippen molar-refractivity contribution in [1.82, 2.24) is 10.2 Å². The first kappa shape index (κ1) is 14.8. The summed E-state index contributed by atoms with van der Waals surface area (Å²) in [4.78, 5) is 14.7. The molecule has 0 aromatic rings. The highest BCUT2D eigenvalue weighted by atomic mass is 16.5. The molecule has 4 nitrogen and oxygen atoms in total. The number of nitrogens with zero attached hydrogens (tertiary/aromatic N) is 1. The molecule has 0 bridgehead atoms. The molecular weight excluding hydrogens is 240 g/mol. The Bertz CT molecular complexity index is 324. The van der Waals surface area contributed by atoms with E-state index < -0.39 is 0 Å². The molecule has 0 aromatic carbocycles. The molecule has 4 heteroatoms. The molecule has 1 amide bonds. The minimum Gasteiger partial charge on any atom is -0.381 e. The Morgan fingerprint density at radius 1 is 1.32 bits per heavy atom. The molecule has 1 saturated carbocycles. The van der Waals surface area contributed by atoms with Crippen LogP contribution in [0, 0.1) is 11.8 Å². The lowest BCUT2D eigenvalue weighted by atomic mass is 9.87. The number of rotatable bonds is 5. The molecule has 1 aliphatic heterocycles. The topological polar surface area (TPSA) is 41.6 Å². The SMILES string of the molecule is COC1CC(N2C(=O)C(CC(C)C)NC2C(C)C)C1. The van der Waals surface area contributed by atoms with Crippen LogP contribution in [-0.2, 0) is 9.53 Å². The lowest BCUT2D eigenvalue weighted by Crippen LogP contribution is -2.54. The fourth-order valence-corrected chi connectivity index (χ4v) is 3.19. The maximum atomic E-state index is 12.6. The minimum atomic E-state index is 0.00833. The first-order valence-electron chi connectivity index (χ1n) is 7.55. The molecule has 2 unspecified atom stereocenters. The lowest BCUT2D eigenvalue weighted by molar-refractivity contribution is -0.138. The Balaban J connectivity index is 2.04. The first-order valence-corrected chi connectivity index (χ1v) is 7.55. The summed E-state index contributed by atoms with van der Waals surface area (Å²) in [5.41, 5.74) is 0. The van der Waals surface area contributed by atoms with Crippen molar-refractivity contribution in [2.45, 2.75) is 71.3 Å². The predicted molar refractivity (Wildman–Crippen MR) is 75.7 cm³/mol. The van der Waals surface area contributed by atoms with Crippen molar-refractivity contribution in [2.24, 2.45) is 11.8 Å². The molecule has 1 aliphatic carbocycles. The van der Waals surface area contributed by atoms with E-state index in [2.05, 4.69) is 37.9 Å². The van der Waals surface area contributed by atoms with Crippen LogP contribution in [0.5, 0.6) is 0 Å². The molecular formula is C15H28N2O2. The summed E-state index contributed by atoms with van der Waals surface area (Å²) in [6, 6.07) is 0.378. The second kappa shape index (κ2) is 5.80. The number of amides is 1. The number of ether oxygens (including phenoxy) is 1. The van der Waals surface area contributed by atoms with Gasteiger partial charge in [-0.1, -0.05) is 27.7 Å². The fourth-order valence-electron chi connectivity index (χ4n) is 3.19. The Morgan fingerprint density at radius 2 is 1.95 bits per heavy atom. The van der Waals surface area contributed by atoms with Gasteiger partial charge in [0.2, 0.25) is 5.91 Å². The Morgan fingerprint density at radius 3 is 2.42 bits per heavy atom. The van der Waals surface area contributed by atoms with E-state index in [1.54, 1.807) is 7.11 Å². The first-order chi connectivity index (χ1) is 8.93. The zero-order valence-corrected chi connectivity index (χ0v) is 12.8. The van der Waals surface area contributed by atoms with E-state index in [0.717, 1.165) is 19.3 Å². The third kappa shape index (κ3) is 2.95. The molecule has 1 N–H and O–H groups in total. The summed E-state index contributed by atoms with van der Waals surface area (Å²) >= 11 is 0. The number of nitrogens with one attached hydrogen (secondary N) is 1. The van der Waals surface area contributed by atoms with Gasteiger partial charge in [0.25, 0.3) is 0 Å². The molecule has 0 spiro atoms. The zero-order chi connectivity index (χ0) is 14.2. The lowest BCUT2D eigenvalue weighted by Gasteiger charge is -2.43. The van der Waals surface area contributed by atoms with E-state index in [4.69, 9.17) is 4.74 Å². The molecule has 2 aliphatic rings. The zero-order valence-electron chi connectivity index (χ0n) is 12.8. The van der Waals surface area contributed by atoms with E-state index in [1.165, 1.54) is 0 Å². The van der Waals surface area contributed by atoms with Gasteiger partial charge < -0.3 is 9.64 Å². The van der Waals surface area contributed by atoms with Crippen LogP contribution in [-0.4, -0.2) is 42.3 Å². The van der Waals surface area contributed by atoms with E-state index in [0.29, 0.717) is 29.9 Å². The molecule has 0 aromatic heterocycles. The average Bonchev–Trinajstić information content (AvgIpc) is 2.56. The van der Waals surface area contributed by atoms with Crippen molar-refractivity contribution >= 4 is 5.91 Å². The molecule has 110 valence electrons. The number of hydrogen-bond acceptors (Lipinski definition) is 3. The highest BCUT2D eigenvalue weighted by Crippen LogP contribution is 2.34. The third-order valence-electron chi connectivity index (χ3n) is 4.36. The number of hydrogen-bond donors (Lipinski definition) is 1. The van der Waals surface area contributed by atoms with E-state index in [-0.39, 0.29) is 12.2 Å². The van der Waals surface area contributed by atoms with Crippen LogP contribution < -0.4 is 5.32 Å². The molecule has 2 rings (SSSR count). The van der Waals surface area contributed by atoms with Crippen molar-refractivity contribution in [3.8, 4) is 0 Å². The molecule has 2 fully saturated rings. The number of methoxy groups -OCH3 is 1. The second-order valence-electron chi connectivity index (χ2n) is 6.77. The monoisotopic (exact) mass is 268 g/mol. The molecule has 1 saturated heterocycles. The maximum absolute atomic E-state index is 12.6. The molecule has 19 heavy (non-hydrogen) atoms. The largest absolute Gasteiger partial charge is 0.381 e. The average molecular weight is 268 g/mol. The third-order valence-corrected chi connectivity index (χ3v) is 4.36. The molecule has 0 radical (unpaired) electrons. The summed E-state index contributed by atoms with van der Waals surface area (Å²) in [6.45, 7) is 8.71. The van der Waals surface area contributed by atoms with Crippen molar-refractivity contribution in [2.75, 3.05) is 7.11 Å². The minimum absolute atomic E-state index is 0.00833. The van der Waals surface area contributed by atoms with Gasteiger partial charge in [0.1, 0.15) is 0 Å². The van der Waals surface area contributed by atoms with Gasteiger partial charge in [0.15, 0.2) is 0 Å². The fraction of sp³-hybridized carbons (Fsp3) is 0.933. The van der Waals surface area contributed by atoms with Crippen LogP contribution >= 0.6 is 0 Å². The van der Waals surface area contributed by atoms with Gasteiger partial charge >= 0.3 is 0 Å². The second-order valence-corrected chi connectivity index (χ2v) is 6.77. The smallest absolute Gasteiger partial charge is 0.241 e. The maximum Gasteiger partial charge on any atom is 0.241 e. The summed E-state index contributed by atoms with van der Waals surface area (Å²) in [5.74, 6) is 1.29. The van der Waals surface area contributed by atoms with Gasteiger partial charge in [-0.3, -0.25) is 10.1 Å². The van der Waals surface area contributed by atoms with Gasteiger partial charge in [-0.05, 0) is 31.1 Å². The Hall–Kier alpha value is -0.610. The number of carbonyl (C=O) groups excluding carboxylic acids is 1. The van der Waals surface area contributed by atoms with Crippen molar-refractivity contribution in [3.63, 3.8) is 0 Å².